The molecule has 5 aliphatic rings. The Labute approximate surface area is 166 Å². The topological polar surface area (TPSA) is 26.8 Å². The lowest BCUT2D eigenvalue weighted by Gasteiger charge is -2.60. The van der Waals surface area contributed by atoms with Crippen molar-refractivity contribution in [2.75, 3.05) is 39.3 Å². The quantitative estimate of drug-likeness (QED) is 0.751. The highest BCUT2D eigenvalue weighted by atomic mass is 16.2. The summed E-state index contributed by atoms with van der Waals surface area (Å²) in [5.41, 5.74) is 1.11. The Morgan fingerprint density at radius 3 is 1.93 bits per heavy atom. The molecule has 0 aromatic carbocycles. The van der Waals surface area contributed by atoms with Crippen LogP contribution in [0.15, 0.2) is 0 Å². The van der Waals surface area contributed by atoms with E-state index in [2.05, 4.69) is 42.4 Å². The molecule has 0 radical (unpaired) electrons. The van der Waals surface area contributed by atoms with Gasteiger partial charge >= 0.3 is 0 Å². The molecule has 2 aliphatic heterocycles. The molecule has 3 saturated carbocycles. The molecule has 0 spiro atoms. The summed E-state index contributed by atoms with van der Waals surface area (Å²) in [5.74, 6) is 1.51. The van der Waals surface area contributed by atoms with Crippen LogP contribution in [0.5, 0.6) is 0 Å². The Kier molecular flexibility index (Phi) is 5.35. The maximum atomic E-state index is 13.0. The van der Waals surface area contributed by atoms with Crippen LogP contribution in [-0.4, -0.2) is 71.5 Å². The van der Waals surface area contributed by atoms with Crippen LogP contribution >= 0.6 is 0 Å². The average molecular weight is 376 g/mol. The summed E-state index contributed by atoms with van der Waals surface area (Å²) in [7, 11) is 0. The number of likely N-dealkylation sites (tertiary alicyclic amines) is 1. The molecule has 2 saturated heterocycles. The fourth-order valence-corrected chi connectivity index (χ4v) is 6.65. The number of carbonyl (C=O) groups is 1. The van der Waals surface area contributed by atoms with E-state index in [0.717, 1.165) is 51.6 Å². The fraction of sp³-hybridized carbons (Fsp3) is 0.957. The van der Waals surface area contributed by atoms with Gasteiger partial charge in [0.25, 0.3) is 0 Å². The smallest absolute Gasteiger partial charge is 0.227 e. The average Bonchev–Trinajstić information content (AvgIpc) is 3.19. The first-order chi connectivity index (χ1) is 12.9. The standard InChI is InChI=1S/C23H41N3O/c1-18(2)22-6-9-23(10-7-22,11-8-22)26-15-13-24(14-16-26)21(27)20-5-12-25(17-20)19(3)4/h18-20H,5-17H2,1-4H3/t20-,22?,23?/m1/s1. The maximum Gasteiger partial charge on any atom is 0.227 e. The van der Waals surface area contributed by atoms with Crippen molar-refractivity contribution >= 4 is 5.91 Å². The lowest BCUT2D eigenvalue weighted by molar-refractivity contribution is -0.140. The summed E-state index contributed by atoms with van der Waals surface area (Å²) in [6.07, 6.45) is 9.52. The van der Waals surface area contributed by atoms with Gasteiger partial charge in [-0.3, -0.25) is 9.69 Å². The van der Waals surface area contributed by atoms with Crippen molar-refractivity contribution in [3.63, 3.8) is 0 Å². The van der Waals surface area contributed by atoms with Crippen LogP contribution in [0.2, 0.25) is 0 Å². The van der Waals surface area contributed by atoms with Crippen LogP contribution in [0, 0.1) is 17.3 Å². The van der Waals surface area contributed by atoms with Crippen molar-refractivity contribution in [3.05, 3.63) is 0 Å². The van der Waals surface area contributed by atoms with E-state index in [1.807, 2.05) is 0 Å². The van der Waals surface area contributed by atoms with Crippen molar-refractivity contribution in [1.29, 1.82) is 0 Å². The summed E-state index contributed by atoms with van der Waals surface area (Å²) in [4.78, 5) is 20.4. The van der Waals surface area contributed by atoms with Crippen LogP contribution < -0.4 is 0 Å². The number of carbonyl (C=O) groups excluding carboxylic acids is 1. The summed E-state index contributed by atoms with van der Waals surface area (Å²) in [6.45, 7) is 15.5. The highest BCUT2D eigenvalue weighted by Gasteiger charge is 2.52. The summed E-state index contributed by atoms with van der Waals surface area (Å²) in [6, 6.07) is 0.564. The third-order valence-corrected chi connectivity index (χ3v) is 9.05. The van der Waals surface area contributed by atoms with E-state index < -0.39 is 0 Å². The Hall–Kier alpha value is -0.610. The normalized spacial score (nSPS) is 38.3. The SMILES string of the molecule is CC(C)N1CC[C@@H](C(=O)N2CCN(C34CCC(C(C)C)(CC3)CC4)CC2)C1. The first-order valence-corrected chi connectivity index (χ1v) is 11.6. The molecule has 0 aromatic heterocycles. The molecule has 4 heteroatoms. The van der Waals surface area contributed by atoms with Gasteiger partial charge in [-0.05, 0) is 76.7 Å². The number of fused-ring (bicyclic) bond motifs is 3. The first kappa shape index (κ1) is 19.7. The van der Waals surface area contributed by atoms with E-state index in [1.165, 1.54) is 38.5 Å². The van der Waals surface area contributed by atoms with Gasteiger partial charge in [-0.25, -0.2) is 0 Å². The molecule has 1 amide bonds. The molecule has 5 rings (SSSR count). The van der Waals surface area contributed by atoms with Gasteiger partial charge in [-0.15, -0.1) is 0 Å². The zero-order chi connectivity index (χ0) is 19.2. The molecule has 5 fully saturated rings. The van der Waals surface area contributed by atoms with E-state index in [1.54, 1.807) is 0 Å². The molecule has 0 aromatic rings. The zero-order valence-electron chi connectivity index (χ0n) is 18.2. The Morgan fingerprint density at radius 2 is 1.44 bits per heavy atom. The first-order valence-electron chi connectivity index (χ1n) is 11.6. The minimum atomic E-state index is 0.244. The molecular formula is C23H41N3O. The Morgan fingerprint density at radius 1 is 0.852 bits per heavy atom. The second-order valence-corrected chi connectivity index (χ2v) is 10.6. The molecule has 27 heavy (non-hydrogen) atoms. The second-order valence-electron chi connectivity index (χ2n) is 10.6. The van der Waals surface area contributed by atoms with Crippen molar-refractivity contribution in [3.8, 4) is 0 Å². The Bertz CT molecular complexity index is 525. The van der Waals surface area contributed by atoms with Gasteiger partial charge in [0.1, 0.15) is 0 Å². The van der Waals surface area contributed by atoms with Gasteiger partial charge < -0.3 is 9.80 Å². The largest absolute Gasteiger partial charge is 0.340 e. The van der Waals surface area contributed by atoms with Crippen molar-refractivity contribution in [1.82, 2.24) is 14.7 Å². The third-order valence-electron chi connectivity index (χ3n) is 9.05. The third kappa shape index (κ3) is 3.46. The van der Waals surface area contributed by atoms with Gasteiger partial charge in [0.05, 0.1) is 5.92 Å². The minimum absolute atomic E-state index is 0.244. The molecule has 154 valence electrons. The van der Waals surface area contributed by atoms with Crippen LogP contribution in [0.4, 0.5) is 0 Å². The number of hydrogen-bond acceptors (Lipinski definition) is 3. The number of rotatable bonds is 4. The molecular weight excluding hydrogens is 334 g/mol. The van der Waals surface area contributed by atoms with Gasteiger partial charge in [0.2, 0.25) is 5.91 Å². The van der Waals surface area contributed by atoms with E-state index in [9.17, 15) is 4.79 Å². The lowest BCUT2D eigenvalue weighted by Crippen LogP contribution is -2.63. The van der Waals surface area contributed by atoms with E-state index in [-0.39, 0.29) is 5.92 Å². The molecule has 0 N–H and O–H groups in total. The lowest BCUT2D eigenvalue weighted by atomic mass is 9.53. The fourth-order valence-electron chi connectivity index (χ4n) is 6.65. The van der Waals surface area contributed by atoms with Gasteiger partial charge in [-0.2, -0.15) is 0 Å². The van der Waals surface area contributed by atoms with Gasteiger partial charge in [-0.1, -0.05) is 13.8 Å². The van der Waals surface area contributed by atoms with Crippen LogP contribution in [-0.2, 0) is 4.79 Å². The highest BCUT2D eigenvalue weighted by molar-refractivity contribution is 5.79. The molecule has 4 nitrogen and oxygen atoms in total. The van der Waals surface area contributed by atoms with E-state index >= 15 is 0 Å². The Balaban J connectivity index is 1.30. The minimum Gasteiger partial charge on any atom is -0.340 e. The van der Waals surface area contributed by atoms with Crippen LogP contribution in [0.3, 0.4) is 0 Å². The molecule has 3 aliphatic carbocycles. The van der Waals surface area contributed by atoms with E-state index in [0.29, 0.717) is 22.9 Å². The summed E-state index contributed by atoms with van der Waals surface area (Å²) >= 11 is 0. The number of hydrogen-bond donors (Lipinski definition) is 0. The van der Waals surface area contributed by atoms with Crippen LogP contribution in [0.25, 0.3) is 0 Å². The van der Waals surface area contributed by atoms with E-state index in [4.69, 9.17) is 0 Å². The van der Waals surface area contributed by atoms with Gasteiger partial charge in [0.15, 0.2) is 0 Å². The maximum absolute atomic E-state index is 13.0. The molecule has 2 bridgehead atoms. The number of nitrogens with zero attached hydrogens (tertiary/aromatic N) is 3. The second kappa shape index (κ2) is 7.33. The molecule has 2 heterocycles. The predicted octanol–water partition coefficient (Wildman–Crippen LogP) is 3.61. The number of piperazine rings is 1. The van der Waals surface area contributed by atoms with Crippen LogP contribution in [0.1, 0.15) is 72.6 Å². The molecule has 1 atom stereocenters. The number of amides is 1. The van der Waals surface area contributed by atoms with Gasteiger partial charge in [0, 0.05) is 44.3 Å². The predicted molar refractivity (Wildman–Crippen MR) is 111 cm³/mol. The van der Waals surface area contributed by atoms with Crippen molar-refractivity contribution < 1.29 is 4.79 Å². The summed E-state index contributed by atoms with van der Waals surface area (Å²) < 4.78 is 0. The van der Waals surface area contributed by atoms with Crippen molar-refractivity contribution in [2.45, 2.75) is 84.2 Å². The van der Waals surface area contributed by atoms with Crippen molar-refractivity contribution in [2.24, 2.45) is 17.3 Å². The molecule has 0 unspecified atom stereocenters. The zero-order valence-corrected chi connectivity index (χ0v) is 18.2. The monoisotopic (exact) mass is 375 g/mol. The summed E-state index contributed by atoms with van der Waals surface area (Å²) in [5, 5.41) is 0. The highest BCUT2D eigenvalue weighted by Crippen LogP contribution is 2.57.